The van der Waals surface area contributed by atoms with Crippen LogP contribution in [-0.2, 0) is 26.8 Å². The number of nitrogens with one attached hydrogen (secondary N) is 3. The molecule has 3 atom stereocenters. The van der Waals surface area contributed by atoms with Gasteiger partial charge >= 0.3 is 0 Å². The molecule has 0 spiro atoms. The SMILES string of the molecule is Cn1nccc1C(=O)N[C@H](C(=O)Nc1ccc(C(C)(C(=O)NCC2(C)CCC2)C2CCOCC2)cc1)C(C1CCC1)C1(C)CC1. The largest absolute Gasteiger partial charge is 0.381 e. The molecule has 1 saturated heterocycles. The van der Waals surface area contributed by atoms with Crippen LogP contribution in [0, 0.1) is 28.6 Å². The Hall–Kier alpha value is -3.20. The quantitative estimate of drug-likeness (QED) is 0.297. The van der Waals surface area contributed by atoms with Gasteiger partial charge in [0, 0.05) is 38.7 Å². The van der Waals surface area contributed by atoms with Gasteiger partial charge in [-0.3, -0.25) is 19.1 Å². The molecule has 4 aliphatic rings. The van der Waals surface area contributed by atoms with E-state index in [0.717, 1.165) is 56.9 Å². The van der Waals surface area contributed by atoms with E-state index in [9.17, 15) is 14.4 Å². The minimum absolute atomic E-state index is 0.0477. The van der Waals surface area contributed by atoms with Crippen LogP contribution in [0.4, 0.5) is 5.69 Å². The molecular formula is C36H51N5O4. The number of carbonyl (C=O) groups is 3. The van der Waals surface area contributed by atoms with Crippen molar-refractivity contribution in [2.45, 2.75) is 96.4 Å². The number of aryl methyl sites for hydroxylation is 1. The van der Waals surface area contributed by atoms with Gasteiger partial charge in [0.1, 0.15) is 11.7 Å². The van der Waals surface area contributed by atoms with Gasteiger partial charge in [-0.05, 0) is 97.8 Å². The molecule has 0 bridgehead atoms. The normalized spacial score (nSPS) is 23.4. The number of aromatic nitrogens is 2. The molecule has 3 amide bonds. The third kappa shape index (κ3) is 6.42. The Morgan fingerprint density at radius 2 is 1.69 bits per heavy atom. The fourth-order valence-corrected chi connectivity index (χ4v) is 8.08. The van der Waals surface area contributed by atoms with Crippen molar-refractivity contribution in [2.24, 2.45) is 35.6 Å². The first-order chi connectivity index (χ1) is 21.5. The molecule has 2 aromatic rings. The fraction of sp³-hybridized carbons (Fsp3) is 0.667. The molecule has 9 nitrogen and oxygen atoms in total. The number of nitrogens with zero attached hydrogens (tertiary/aromatic N) is 2. The lowest BCUT2D eigenvalue weighted by atomic mass is 9.66. The van der Waals surface area contributed by atoms with Crippen molar-refractivity contribution < 1.29 is 19.1 Å². The number of hydrogen-bond donors (Lipinski definition) is 3. The van der Waals surface area contributed by atoms with Crippen LogP contribution in [0.25, 0.3) is 0 Å². The van der Waals surface area contributed by atoms with E-state index in [1.807, 2.05) is 24.3 Å². The number of anilines is 1. The van der Waals surface area contributed by atoms with Gasteiger partial charge < -0.3 is 20.7 Å². The van der Waals surface area contributed by atoms with Crippen molar-refractivity contribution in [3.63, 3.8) is 0 Å². The molecule has 3 saturated carbocycles. The Balaban J connectivity index is 1.22. The molecule has 3 N–H and O–H groups in total. The summed E-state index contributed by atoms with van der Waals surface area (Å²) in [6.45, 7) is 8.60. The lowest BCUT2D eigenvalue weighted by molar-refractivity contribution is -0.130. The Morgan fingerprint density at radius 3 is 2.22 bits per heavy atom. The summed E-state index contributed by atoms with van der Waals surface area (Å²) in [7, 11) is 1.74. The van der Waals surface area contributed by atoms with Crippen molar-refractivity contribution >= 4 is 23.4 Å². The van der Waals surface area contributed by atoms with Crippen molar-refractivity contribution in [3.05, 3.63) is 47.8 Å². The van der Waals surface area contributed by atoms with Gasteiger partial charge in [-0.2, -0.15) is 5.10 Å². The number of rotatable bonds is 12. The van der Waals surface area contributed by atoms with E-state index < -0.39 is 11.5 Å². The Bertz CT molecular complexity index is 1380. The molecule has 6 rings (SSSR count). The van der Waals surface area contributed by atoms with Crippen LogP contribution < -0.4 is 16.0 Å². The maximum atomic E-state index is 14.1. The van der Waals surface area contributed by atoms with Crippen LogP contribution >= 0.6 is 0 Å². The van der Waals surface area contributed by atoms with Gasteiger partial charge in [0.2, 0.25) is 11.8 Å². The molecule has 4 fully saturated rings. The minimum atomic E-state index is -0.706. The monoisotopic (exact) mass is 617 g/mol. The molecule has 2 heterocycles. The minimum Gasteiger partial charge on any atom is -0.381 e. The van der Waals surface area contributed by atoms with E-state index in [-0.39, 0.29) is 40.4 Å². The molecule has 244 valence electrons. The first-order valence-corrected chi connectivity index (χ1v) is 17.1. The zero-order valence-electron chi connectivity index (χ0n) is 27.5. The highest BCUT2D eigenvalue weighted by atomic mass is 16.5. The summed E-state index contributed by atoms with van der Waals surface area (Å²) in [6, 6.07) is 8.81. The number of carbonyl (C=O) groups excluding carboxylic acids is 3. The zero-order chi connectivity index (χ0) is 31.8. The van der Waals surface area contributed by atoms with Crippen LogP contribution in [0.3, 0.4) is 0 Å². The summed E-state index contributed by atoms with van der Waals surface area (Å²) in [4.78, 5) is 41.4. The summed E-state index contributed by atoms with van der Waals surface area (Å²) < 4.78 is 7.20. The van der Waals surface area contributed by atoms with E-state index in [1.165, 1.54) is 12.8 Å². The van der Waals surface area contributed by atoms with Crippen molar-refractivity contribution in [2.75, 3.05) is 25.1 Å². The number of benzene rings is 1. The molecule has 1 aromatic carbocycles. The molecule has 1 aliphatic heterocycles. The van der Waals surface area contributed by atoms with Gasteiger partial charge in [0.25, 0.3) is 5.91 Å². The molecule has 3 aliphatic carbocycles. The van der Waals surface area contributed by atoms with E-state index in [1.54, 1.807) is 24.0 Å². The third-order valence-electron chi connectivity index (χ3n) is 12.0. The summed E-state index contributed by atoms with van der Waals surface area (Å²) in [5.74, 6) is 0.243. The number of ether oxygens (including phenoxy) is 1. The van der Waals surface area contributed by atoms with Gasteiger partial charge in [-0.15, -0.1) is 0 Å². The van der Waals surface area contributed by atoms with E-state index >= 15 is 0 Å². The first kappa shape index (κ1) is 31.8. The van der Waals surface area contributed by atoms with Crippen LogP contribution in [0.15, 0.2) is 36.5 Å². The number of hydrogen-bond acceptors (Lipinski definition) is 5. The van der Waals surface area contributed by atoms with Crippen LogP contribution in [0.5, 0.6) is 0 Å². The summed E-state index contributed by atoms with van der Waals surface area (Å²) in [5.41, 5.74) is 1.57. The lowest BCUT2D eigenvalue weighted by Crippen LogP contribution is -2.54. The van der Waals surface area contributed by atoms with Crippen LogP contribution in [-0.4, -0.2) is 53.3 Å². The molecule has 0 radical (unpaired) electrons. The predicted octanol–water partition coefficient (Wildman–Crippen LogP) is 5.36. The predicted molar refractivity (Wildman–Crippen MR) is 174 cm³/mol. The van der Waals surface area contributed by atoms with Crippen molar-refractivity contribution in [1.82, 2.24) is 20.4 Å². The Labute approximate surface area is 267 Å². The van der Waals surface area contributed by atoms with E-state index in [2.05, 4.69) is 41.8 Å². The maximum Gasteiger partial charge on any atom is 0.270 e. The van der Waals surface area contributed by atoms with Gasteiger partial charge in [0.15, 0.2) is 0 Å². The second-order valence-corrected chi connectivity index (χ2v) is 15.2. The van der Waals surface area contributed by atoms with Crippen LogP contribution in [0.2, 0.25) is 0 Å². The highest BCUT2D eigenvalue weighted by molar-refractivity contribution is 6.01. The smallest absolute Gasteiger partial charge is 0.270 e. The van der Waals surface area contributed by atoms with Crippen molar-refractivity contribution in [3.8, 4) is 0 Å². The lowest BCUT2D eigenvalue weighted by Gasteiger charge is -2.42. The average molecular weight is 618 g/mol. The molecule has 2 unspecified atom stereocenters. The molecule has 1 aromatic heterocycles. The highest BCUT2D eigenvalue weighted by Crippen LogP contribution is 2.58. The van der Waals surface area contributed by atoms with Crippen LogP contribution in [0.1, 0.15) is 101 Å². The maximum absolute atomic E-state index is 14.1. The Morgan fingerprint density at radius 1 is 1.00 bits per heavy atom. The van der Waals surface area contributed by atoms with Gasteiger partial charge in [-0.25, -0.2) is 0 Å². The second kappa shape index (κ2) is 12.5. The van der Waals surface area contributed by atoms with E-state index in [0.29, 0.717) is 37.1 Å². The highest BCUT2D eigenvalue weighted by Gasteiger charge is 2.54. The zero-order valence-corrected chi connectivity index (χ0v) is 27.5. The topological polar surface area (TPSA) is 114 Å². The first-order valence-electron chi connectivity index (χ1n) is 17.1. The van der Waals surface area contributed by atoms with Crippen molar-refractivity contribution in [1.29, 1.82) is 0 Å². The molecule has 9 heteroatoms. The van der Waals surface area contributed by atoms with Gasteiger partial charge in [0.05, 0.1) is 5.41 Å². The summed E-state index contributed by atoms with van der Waals surface area (Å²) >= 11 is 0. The summed E-state index contributed by atoms with van der Waals surface area (Å²) in [6.07, 6.45) is 12.3. The van der Waals surface area contributed by atoms with Gasteiger partial charge in [-0.1, -0.05) is 51.7 Å². The summed E-state index contributed by atoms with van der Waals surface area (Å²) in [5, 5.41) is 13.7. The second-order valence-electron chi connectivity index (χ2n) is 15.2. The molecule has 45 heavy (non-hydrogen) atoms. The fourth-order valence-electron chi connectivity index (χ4n) is 8.08. The Kier molecular flexibility index (Phi) is 8.85. The average Bonchev–Trinajstić information content (AvgIpc) is 3.60. The molecular weight excluding hydrogens is 566 g/mol. The third-order valence-corrected chi connectivity index (χ3v) is 12.0. The standard InChI is InChI=1S/C36H51N5O4/c1-34(16-6-17-34)23-37-33(44)36(3,26-14-21-45-22-15-26)25-9-11-27(12-10-25)39-32(43)30(40-31(42)28-13-20-38-41(28)4)29(24-7-5-8-24)35(2)18-19-35/h9-13,20,24,26,29-30H,5-8,14-19,21-23H2,1-4H3,(H,37,44)(H,39,43)(H,40,42)/t29?,30-,36?/m0/s1. The van der Waals surface area contributed by atoms with E-state index in [4.69, 9.17) is 4.74 Å². The number of amides is 3.